The number of nitrogens with one attached hydrogen (secondary N) is 1. The van der Waals surface area contributed by atoms with Gasteiger partial charge in [0, 0.05) is 33.0 Å². The molecule has 0 radical (unpaired) electrons. The number of rotatable bonds is 13. The van der Waals surface area contributed by atoms with Gasteiger partial charge in [0.1, 0.15) is 0 Å². The first-order chi connectivity index (χ1) is 15.9. The van der Waals surface area contributed by atoms with Crippen LogP contribution in [0, 0.1) is 22.7 Å². The van der Waals surface area contributed by atoms with Gasteiger partial charge in [0.05, 0.1) is 20.3 Å². The van der Waals surface area contributed by atoms with Crippen LogP contribution in [-0.4, -0.2) is 63.5 Å². The van der Waals surface area contributed by atoms with Crippen LogP contribution in [0.15, 0.2) is 25.3 Å². The number of carbonyl (C=O) groups is 3. The molecule has 0 aromatic carbocycles. The first-order valence-corrected chi connectivity index (χ1v) is 12.0. The van der Waals surface area contributed by atoms with Crippen molar-refractivity contribution in [2.75, 3.05) is 40.5 Å². The molecule has 1 aliphatic carbocycles. The quantitative estimate of drug-likeness (QED) is 0.174. The summed E-state index contributed by atoms with van der Waals surface area (Å²) in [5.41, 5.74) is -0.0519. The number of carbonyl (C=O) groups excluding carboxylic acids is 3. The number of alkyl carbamates (subject to hydrolysis) is 1. The lowest BCUT2D eigenvalue weighted by molar-refractivity contribution is -0.146. The molecule has 0 aromatic heterocycles. The summed E-state index contributed by atoms with van der Waals surface area (Å²) in [7, 11) is 3.03. The Balaban J connectivity index is 2.37. The van der Waals surface area contributed by atoms with Gasteiger partial charge in [0.15, 0.2) is 0 Å². The zero-order valence-corrected chi connectivity index (χ0v) is 21.7. The number of nitrogens with zero attached hydrogens (tertiary/aromatic N) is 1. The van der Waals surface area contributed by atoms with E-state index in [2.05, 4.69) is 44.0 Å². The highest BCUT2D eigenvalue weighted by molar-refractivity contribution is 5.70. The first-order valence-electron chi connectivity index (χ1n) is 12.0. The highest BCUT2D eigenvalue weighted by Gasteiger charge is 2.42. The van der Waals surface area contributed by atoms with Crippen molar-refractivity contribution in [3.8, 4) is 0 Å². The van der Waals surface area contributed by atoms with Gasteiger partial charge in [-0.3, -0.25) is 4.79 Å². The summed E-state index contributed by atoms with van der Waals surface area (Å²) >= 11 is 0. The maximum atomic E-state index is 12.4. The lowest BCUT2D eigenvalue weighted by atomic mass is 9.60. The van der Waals surface area contributed by atoms with Crippen LogP contribution in [0.4, 0.5) is 9.59 Å². The number of ether oxygens (including phenoxy) is 3. The SMILES string of the molecule is C=CCC(C=C)CN(C)C(=O)OCCCOC(=O)CC1CC(C)(C)CC(C)(CNC(=O)OC)C1. The van der Waals surface area contributed by atoms with Crippen LogP contribution in [0.25, 0.3) is 0 Å². The third kappa shape index (κ3) is 11.1. The van der Waals surface area contributed by atoms with E-state index < -0.39 is 12.2 Å². The standard InChI is InChI=1S/C26H44N2O6/c1-8-11-20(9-2)17-28(6)24(31)34-13-10-12-33-22(29)14-21-15-25(3,4)18-26(5,16-21)19-27-23(30)32-7/h8-9,20-21H,1-2,10-19H2,3-7H3,(H,27,30). The molecule has 2 amide bonds. The van der Waals surface area contributed by atoms with Gasteiger partial charge in [-0.15, -0.1) is 13.2 Å². The molecule has 194 valence electrons. The molecular formula is C26H44N2O6. The minimum absolute atomic E-state index is 0.0618. The van der Waals surface area contributed by atoms with E-state index in [-0.39, 0.29) is 41.8 Å². The molecule has 1 fully saturated rings. The van der Waals surface area contributed by atoms with Gasteiger partial charge < -0.3 is 24.4 Å². The highest BCUT2D eigenvalue weighted by atomic mass is 16.6. The van der Waals surface area contributed by atoms with Crippen molar-refractivity contribution in [3.05, 3.63) is 25.3 Å². The van der Waals surface area contributed by atoms with E-state index in [4.69, 9.17) is 9.47 Å². The first kappa shape index (κ1) is 29.5. The minimum Gasteiger partial charge on any atom is -0.466 e. The molecule has 1 aliphatic rings. The van der Waals surface area contributed by atoms with E-state index in [0.717, 1.165) is 25.7 Å². The summed E-state index contributed by atoms with van der Waals surface area (Å²) in [6.07, 6.45) is 6.99. The Kier molecular flexibility index (Phi) is 12.2. The van der Waals surface area contributed by atoms with Gasteiger partial charge in [-0.1, -0.05) is 32.9 Å². The van der Waals surface area contributed by atoms with Crippen LogP contribution < -0.4 is 5.32 Å². The van der Waals surface area contributed by atoms with Crippen molar-refractivity contribution in [2.24, 2.45) is 22.7 Å². The van der Waals surface area contributed by atoms with Crippen LogP contribution in [0.5, 0.6) is 0 Å². The normalized spacial score (nSPS) is 22.1. The number of hydrogen-bond donors (Lipinski definition) is 1. The fourth-order valence-electron chi connectivity index (χ4n) is 5.18. The molecule has 0 spiro atoms. The third-order valence-corrected chi connectivity index (χ3v) is 6.23. The average molecular weight is 481 g/mol. The lowest BCUT2D eigenvalue weighted by Crippen LogP contribution is -2.44. The topological polar surface area (TPSA) is 94.2 Å². The van der Waals surface area contributed by atoms with Gasteiger partial charge >= 0.3 is 18.2 Å². The molecular weight excluding hydrogens is 436 g/mol. The number of hydrogen-bond acceptors (Lipinski definition) is 6. The smallest absolute Gasteiger partial charge is 0.409 e. The maximum Gasteiger partial charge on any atom is 0.409 e. The fraction of sp³-hybridized carbons (Fsp3) is 0.731. The molecule has 0 aromatic rings. The number of amides is 2. The van der Waals surface area contributed by atoms with Crippen molar-refractivity contribution < 1.29 is 28.6 Å². The summed E-state index contributed by atoms with van der Waals surface area (Å²) in [6, 6.07) is 0. The fourth-order valence-corrected chi connectivity index (χ4v) is 5.18. The van der Waals surface area contributed by atoms with Crippen molar-refractivity contribution in [3.63, 3.8) is 0 Å². The Labute approximate surface area is 205 Å². The zero-order chi connectivity index (χ0) is 25.8. The predicted octanol–water partition coefficient (Wildman–Crippen LogP) is 4.95. The predicted molar refractivity (Wildman–Crippen MR) is 132 cm³/mol. The van der Waals surface area contributed by atoms with Gasteiger partial charge in [-0.05, 0) is 48.3 Å². The van der Waals surface area contributed by atoms with Crippen molar-refractivity contribution in [1.82, 2.24) is 10.2 Å². The molecule has 0 bridgehead atoms. The minimum atomic E-state index is -0.440. The van der Waals surface area contributed by atoms with Gasteiger partial charge in [-0.25, -0.2) is 9.59 Å². The number of allylic oxidation sites excluding steroid dienone is 1. The lowest BCUT2D eigenvalue weighted by Gasteiger charge is -2.46. The van der Waals surface area contributed by atoms with Crippen molar-refractivity contribution in [2.45, 2.75) is 59.3 Å². The highest BCUT2D eigenvalue weighted by Crippen LogP contribution is 2.49. The summed E-state index contributed by atoms with van der Waals surface area (Å²) < 4.78 is 15.3. The molecule has 3 atom stereocenters. The van der Waals surface area contributed by atoms with Gasteiger partial charge in [-0.2, -0.15) is 0 Å². The van der Waals surface area contributed by atoms with E-state index in [9.17, 15) is 14.4 Å². The van der Waals surface area contributed by atoms with Gasteiger partial charge in [0.2, 0.25) is 0 Å². The monoisotopic (exact) mass is 480 g/mol. The van der Waals surface area contributed by atoms with Gasteiger partial charge in [0.25, 0.3) is 0 Å². The van der Waals surface area contributed by atoms with Crippen molar-refractivity contribution >= 4 is 18.2 Å². The Hall–Kier alpha value is -2.51. The van der Waals surface area contributed by atoms with Crippen LogP contribution in [-0.2, 0) is 19.0 Å². The van der Waals surface area contributed by atoms with E-state index in [1.165, 1.54) is 12.0 Å². The van der Waals surface area contributed by atoms with Crippen LogP contribution in [0.3, 0.4) is 0 Å². The largest absolute Gasteiger partial charge is 0.466 e. The molecule has 0 heterocycles. The second-order valence-corrected chi connectivity index (χ2v) is 10.6. The number of methoxy groups -OCH3 is 1. The van der Waals surface area contributed by atoms with Crippen LogP contribution in [0.1, 0.15) is 59.3 Å². The third-order valence-electron chi connectivity index (χ3n) is 6.23. The Morgan fingerprint density at radius 3 is 2.44 bits per heavy atom. The zero-order valence-electron chi connectivity index (χ0n) is 21.7. The Morgan fingerprint density at radius 2 is 1.82 bits per heavy atom. The summed E-state index contributed by atoms with van der Waals surface area (Å²) in [5, 5.41) is 2.81. The molecule has 0 saturated heterocycles. The summed E-state index contributed by atoms with van der Waals surface area (Å²) in [5.74, 6) is 0.0760. The summed E-state index contributed by atoms with van der Waals surface area (Å²) in [4.78, 5) is 37.5. The van der Waals surface area contributed by atoms with E-state index in [1.807, 2.05) is 0 Å². The molecule has 1 rings (SSSR count). The molecule has 1 saturated carbocycles. The molecule has 3 unspecified atom stereocenters. The number of esters is 1. The summed E-state index contributed by atoms with van der Waals surface area (Å²) in [6.45, 7) is 15.4. The van der Waals surface area contributed by atoms with Crippen LogP contribution in [0.2, 0.25) is 0 Å². The molecule has 0 aliphatic heterocycles. The van der Waals surface area contributed by atoms with E-state index >= 15 is 0 Å². The van der Waals surface area contributed by atoms with Crippen LogP contribution >= 0.6 is 0 Å². The average Bonchev–Trinajstić information content (AvgIpc) is 2.75. The maximum absolute atomic E-state index is 12.4. The van der Waals surface area contributed by atoms with E-state index in [0.29, 0.717) is 25.9 Å². The molecule has 8 heteroatoms. The second-order valence-electron chi connectivity index (χ2n) is 10.6. The van der Waals surface area contributed by atoms with E-state index in [1.54, 1.807) is 19.2 Å². The molecule has 8 nitrogen and oxygen atoms in total. The Bertz CT molecular complexity index is 707. The molecule has 34 heavy (non-hydrogen) atoms. The second kappa shape index (κ2) is 14.0. The van der Waals surface area contributed by atoms with Crippen molar-refractivity contribution in [1.29, 1.82) is 0 Å². The molecule has 1 N–H and O–H groups in total. The Morgan fingerprint density at radius 1 is 1.15 bits per heavy atom.